The van der Waals surface area contributed by atoms with Gasteiger partial charge in [-0.05, 0) is 34.1 Å². The van der Waals surface area contributed by atoms with Gasteiger partial charge in [-0.25, -0.2) is 18.1 Å². The highest BCUT2D eigenvalue weighted by atomic mass is 79.9. The third kappa shape index (κ3) is 4.48. The van der Waals surface area contributed by atoms with E-state index in [1.54, 1.807) is 7.05 Å². The zero-order valence-electron chi connectivity index (χ0n) is 18.7. The Morgan fingerprint density at radius 2 is 1.83 bits per heavy atom. The molecule has 1 aromatic carbocycles. The second-order valence-electron chi connectivity index (χ2n) is 7.55. The number of hydrogen-bond acceptors (Lipinski definition) is 7. The van der Waals surface area contributed by atoms with Crippen molar-refractivity contribution in [2.24, 2.45) is 0 Å². The monoisotopic (exact) mass is 565 g/mol. The first-order valence-electron chi connectivity index (χ1n) is 10.1. The number of fused-ring (bicyclic) bond motifs is 1. The number of benzene rings is 1. The lowest BCUT2D eigenvalue weighted by atomic mass is 10.2. The summed E-state index contributed by atoms with van der Waals surface area (Å²) in [5.74, 6) is -1.84. The molecule has 4 aromatic rings. The van der Waals surface area contributed by atoms with Gasteiger partial charge < -0.3 is 9.64 Å². The van der Waals surface area contributed by atoms with Gasteiger partial charge in [0.2, 0.25) is 11.8 Å². The van der Waals surface area contributed by atoms with Crippen LogP contribution in [0.4, 0.5) is 8.78 Å². The standard InChI is InChI=1S/C22H18BrF2N5O4S/c1-11(31)28(2)9-13-18-20(32)30(16-7-8-17(34-3)27-26-16)22(33)29(21(18)35-19(13)23)10-12-14(24)5-4-6-15(12)25/h4-8H,9-10H2,1-3H3. The van der Waals surface area contributed by atoms with E-state index >= 15 is 0 Å². The van der Waals surface area contributed by atoms with Crippen molar-refractivity contribution in [3.8, 4) is 11.7 Å². The maximum absolute atomic E-state index is 14.5. The van der Waals surface area contributed by atoms with Gasteiger partial charge in [0.1, 0.15) is 16.5 Å². The normalized spacial score (nSPS) is 11.1. The van der Waals surface area contributed by atoms with Crippen LogP contribution in [0.15, 0.2) is 43.7 Å². The Kier molecular flexibility index (Phi) is 6.81. The van der Waals surface area contributed by atoms with Gasteiger partial charge >= 0.3 is 5.69 Å². The number of methoxy groups -OCH3 is 1. The quantitative estimate of drug-likeness (QED) is 0.356. The minimum absolute atomic E-state index is 0.0612. The van der Waals surface area contributed by atoms with E-state index in [-0.39, 0.29) is 39.9 Å². The molecule has 3 aromatic heterocycles. The van der Waals surface area contributed by atoms with Gasteiger partial charge in [0.25, 0.3) is 5.56 Å². The van der Waals surface area contributed by atoms with Crippen LogP contribution in [0, 0.1) is 11.6 Å². The van der Waals surface area contributed by atoms with E-state index in [1.807, 2.05) is 0 Å². The second-order valence-corrected chi connectivity index (χ2v) is 9.87. The Bertz CT molecular complexity index is 1550. The van der Waals surface area contributed by atoms with Crippen molar-refractivity contribution >= 4 is 43.4 Å². The summed E-state index contributed by atoms with van der Waals surface area (Å²) in [5, 5.41) is 7.84. The Morgan fingerprint density at radius 1 is 1.14 bits per heavy atom. The van der Waals surface area contributed by atoms with E-state index in [2.05, 4.69) is 26.1 Å². The Morgan fingerprint density at radius 3 is 2.40 bits per heavy atom. The predicted molar refractivity (Wildman–Crippen MR) is 129 cm³/mol. The lowest BCUT2D eigenvalue weighted by Gasteiger charge is -2.16. The summed E-state index contributed by atoms with van der Waals surface area (Å²) in [4.78, 5) is 40.6. The van der Waals surface area contributed by atoms with E-state index in [0.717, 1.165) is 32.6 Å². The zero-order valence-corrected chi connectivity index (χ0v) is 21.1. The molecule has 0 spiro atoms. The molecule has 35 heavy (non-hydrogen) atoms. The molecule has 182 valence electrons. The van der Waals surface area contributed by atoms with Crippen LogP contribution in [0.5, 0.6) is 5.88 Å². The molecule has 4 rings (SSSR count). The first-order valence-corrected chi connectivity index (χ1v) is 11.7. The van der Waals surface area contributed by atoms with Crippen LogP contribution in [0.3, 0.4) is 0 Å². The Balaban J connectivity index is 2.06. The van der Waals surface area contributed by atoms with Crippen LogP contribution in [-0.4, -0.2) is 44.3 Å². The smallest absolute Gasteiger partial charge is 0.338 e. The Labute approximate surface area is 209 Å². The summed E-state index contributed by atoms with van der Waals surface area (Å²) >= 11 is 4.47. The fourth-order valence-corrected chi connectivity index (χ4v) is 5.26. The third-order valence-corrected chi connectivity index (χ3v) is 7.41. The van der Waals surface area contributed by atoms with E-state index in [4.69, 9.17) is 4.74 Å². The molecule has 0 atom stereocenters. The highest BCUT2D eigenvalue weighted by Crippen LogP contribution is 2.34. The maximum atomic E-state index is 14.5. The van der Waals surface area contributed by atoms with Crippen molar-refractivity contribution in [2.45, 2.75) is 20.0 Å². The van der Waals surface area contributed by atoms with Crippen LogP contribution in [0.25, 0.3) is 16.0 Å². The number of thiophene rings is 1. The number of halogens is 3. The van der Waals surface area contributed by atoms with Crippen molar-refractivity contribution in [3.63, 3.8) is 0 Å². The summed E-state index contributed by atoms with van der Waals surface area (Å²) in [6.07, 6.45) is 0. The minimum Gasteiger partial charge on any atom is -0.480 e. The van der Waals surface area contributed by atoms with Gasteiger partial charge in [0.05, 0.1) is 22.8 Å². The molecule has 0 N–H and O–H groups in total. The molecule has 0 saturated carbocycles. The van der Waals surface area contributed by atoms with E-state index < -0.39 is 29.4 Å². The van der Waals surface area contributed by atoms with Crippen molar-refractivity contribution in [3.05, 3.63) is 77.7 Å². The third-order valence-electron chi connectivity index (χ3n) is 5.40. The van der Waals surface area contributed by atoms with E-state index in [0.29, 0.717) is 9.35 Å². The molecule has 1 amide bonds. The molecule has 0 radical (unpaired) electrons. The van der Waals surface area contributed by atoms with Gasteiger partial charge in [-0.3, -0.25) is 14.2 Å². The van der Waals surface area contributed by atoms with E-state index in [1.165, 1.54) is 37.1 Å². The van der Waals surface area contributed by atoms with Gasteiger partial charge in [-0.1, -0.05) is 6.07 Å². The second kappa shape index (κ2) is 9.66. The summed E-state index contributed by atoms with van der Waals surface area (Å²) in [6.45, 7) is 0.961. The topological polar surface area (TPSA) is 99.3 Å². The van der Waals surface area contributed by atoms with Crippen molar-refractivity contribution in [2.75, 3.05) is 14.2 Å². The van der Waals surface area contributed by atoms with Gasteiger partial charge in [0.15, 0.2) is 5.82 Å². The van der Waals surface area contributed by atoms with E-state index in [9.17, 15) is 23.2 Å². The molecule has 0 aliphatic rings. The van der Waals surface area contributed by atoms with Gasteiger partial charge in [-0.15, -0.1) is 21.5 Å². The average Bonchev–Trinajstić information content (AvgIpc) is 3.14. The molecular formula is C22H18BrF2N5O4S. The number of carbonyl (C=O) groups excluding carboxylic acids is 1. The molecule has 3 heterocycles. The van der Waals surface area contributed by atoms with Crippen LogP contribution in [0.1, 0.15) is 18.1 Å². The number of amides is 1. The highest BCUT2D eigenvalue weighted by molar-refractivity contribution is 9.11. The molecule has 0 aliphatic heterocycles. The molecule has 0 unspecified atom stereocenters. The average molecular weight is 566 g/mol. The number of aromatic nitrogens is 4. The predicted octanol–water partition coefficient (Wildman–Crippen LogP) is 3.08. The van der Waals surface area contributed by atoms with Crippen LogP contribution < -0.4 is 16.0 Å². The fraction of sp³-hybridized carbons (Fsp3) is 0.227. The van der Waals surface area contributed by atoms with Gasteiger partial charge in [0, 0.05) is 37.7 Å². The molecule has 9 nitrogen and oxygen atoms in total. The summed E-state index contributed by atoms with van der Waals surface area (Å²) < 4.78 is 36.4. The fourth-order valence-electron chi connectivity index (χ4n) is 3.46. The number of hydrogen-bond donors (Lipinski definition) is 0. The number of rotatable bonds is 6. The van der Waals surface area contributed by atoms with Crippen molar-refractivity contribution < 1.29 is 18.3 Å². The molecule has 0 bridgehead atoms. The van der Waals surface area contributed by atoms with Crippen LogP contribution >= 0.6 is 27.3 Å². The highest BCUT2D eigenvalue weighted by Gasteiger charge is 2.25. The summed E-state index contributed by atoms with van der Waals surface area (Å²) in [6, 6.07) is 6.19. The summed E-state index contributed by atoms with van der Waals surface area (Å²) in [5.41, 5.74) is -1.45. The SMILES string of the molecule is COc1ccc(-n2c(=O)c3c(CN(C)C(C)=O)c(Br)sc3n(Cc3c(F)cccc3F)c2=O)nn1. The first-order chi connectivity index (χ1) is 16.6. The lowest BCUT2D eigenvalue weighted by molar-refractivity contribution is -0.128. The molecule has 13 heteroatoms. The maximum Gasteiger partial charge on any atom is 0.338 e. The molecule has 0 fully saturated rings. The Hall–Kier alpha value is -3.45. The lowest BCUT2D eigenvalue weighted by Crippen LogP contribution is -2.40. The molecule has 0 aliphatic carbocycles. The van der Waals surface area contributed by atoms with Crippen molar-refractivity contribution in [1.82, 2.24) is 24.2 Å². The number of carbonyl (C=O) groups is 1. The van der Waals surface area contributed by atoms with Crippen LogP contribution in [-0.2, 0) is 17.9 Å². The van der Waals surface area contributed by atoms with Crippen molar-refractivity contribution in [1.29, 1.82) is 0 Å². The number of nitrogens with zero attached hydrogens (tertiary/aromatic N) is 5. The minimum atomic E-state index is -0.857. The largest absolute Gasteiger partial charge is 0.480 e. The summed E-state index contributed by atoms with van der Waals surface area (Å²) in [7, 11) is 2.95. The molecule has 0 saturated heterocycles. The molecular weight excluding hydrogens is 548 g/mol. The van der Waals surface area contributed by atoms with Gasteiger partial charge in [-0.2, -0.15) is 0 Å². The van der Waals surface area contributed by atoms with Crippen LogP contribution in [0.2, 0.25) is 0 Å². The zero-order chi connectivity index (χ0) is 25.4. The number of ether oxygens (including phenoxy) is 1. The first kappa shape index (κ1) is 24.7.